The highest BCUT2D eigenvalue weighted by atomic mass is 35.5. The number of piperidine rings is 1. The van der Waals surface area contributed by atoms with Gasteiger partial charge in [-0.25, -0.2) is 18.4 Å². The van der Waals surface area contributed by atoms with Gasteiger partial charge in [-0.2, -0.15) is 0 Å². The summed E-state index contributed by atoms with van der Waals surface area (Å²) in [5, 5.41) is 0.576. The van der Waals surface area contributed by atoms with Crippen molar-refractivity contribution < 1.29 is 13.2 Å². The summed E-state index contributed by atoms with van der Waals surface area (Å²) in [4.78, 5) is 11.4. The van der Waals surface area contributed by atoms with Crippen LogP contribution in [0.15, 0.2) is 41.6 Å². The fourth-order valence-electron chi connectivity index (χ4n) is 4.45. The third-order valence-corrected chi connectivity index (χ3v) is 7.59. The van der Waals surface area contributed by atoms with E-state index < -0.39 is 9.84 Å². The lowest BCUT2D eigenvalue weighted by Crippen LogP contribution is -2.34. The summed E-state index contributed by atoms with van der Waals surface area (Å²) in [5.41, 5.74) is 0. The molecule has 8 heteroatoms. The third-order valence-electron chi connectivity index (χ3n) is 6.26. The Labute approximate surface area is 183 Å². The first-order valence-electron chi connectivity index (χ1n) is 10.5. The number of benzene rings is 1. The molecule has 1 saturated carbocycles. The minimum atomic E-state index is -3.16. The molecular weight excluding hydrogens is 422 g/mol. The van der Waals surface area contributed by atoms with Gasteiger partial charge in [-0.15, -0.1) is 0 Å². The molecule has 0 spiro atoms. The quantitative estimate of drug-likeness (QED) is 0.609. The first-order chi connectivity index (χ1) is 14.4. The predicted molar refractivity (Wildman–Crippen MR) is 116 cm³/mol. The minimum absolute atomic E-state index is 0.325. The van der Waals surface area contributed by atoms with Gasteiger partial charge >= 0.3 is 0 Å². The molecule has 2 atom stereocenters. The standard InChI is InChI=1S/C22H28ClN3O3S/c1-30(27,28)20-4-2-19(3-5-20)29-11-8-17-12-21(17)16-6-9-26(10-7-16)15-22-24-13-18(23)14-25-22/h2-5,13-14,16-17,21H,6-12,15H2,1H3/t17-,21+/m1/s1. The van der Waals surface area contributed by atoms with Crippen molar-refractivity contribution in [3.63, 3.8) is 0 Å². The molecule has 1 aromatic carbocycles. The van der Waals surface area contributed by atoms with Crippen molar-refractivity contribution in [2.24, 2.45) is 17.8 Å². The van der Waals surface area contributed by atoms with Gasteiger partial charge in [0.05, 0.1) is 23.1 Å². The van der Waals surface area contributed by atoms with E-state index in [0.29, 0.717) is 16.5 Å². The molecule has 6 nitrogen and oxygen atoms in total. The Balaban J connectivity index is 1.15. The smallest absolute Gasteiger partial charge is 0.175 e. The maximum atomic E-state index is 11.5. The molecule has 1 aliphatic carbocycles. The van der Waals surface area contributed by atoms with Crippen molar-refractivity contribution in [3.8, 4) is 5.75 Å². The van der Waals surface area contributed by atoms with Crippen LogP contribution in [0.2, 0.25) is 5.02 Å². The second kappa shape index (κ2) is 9.20. The van der Waals surface area contributed by atoms with Gasteiger partial charge in [0.15, 0.2) is 9.84 Å². The monoisotopic (exact) mass is 449 g/mol. The van der Waals surface area contributed by atoms with Crippen molar-refractivity contribution in [3.05, 3.63) is 47.5 Å². The van der Waals surface area contributed by atoms with Crippen LogP contribution in [-0.2, 0) is 16.4 Å². The Morgan fingerprint density at radius 3 is 2.43 bits per heavy atom. The Kier molecular flexibility index (Phi) is 6.60. The molecule has 4 rings (SSSR count). The van der Waals surface area contributed by atoms with Crippen LogP contribution in [-0.4, -0.2) is 49.2 Å². The SMILES string of the molecule is CS(=O)(=O)c1ccc(OCC[C@@H]2C[C@H]2C2CCN(Cc3ncc(Cl)cn3)CC2)cc1. The van der Waals surface area contributed by atoms with E-state index in [-0.39, 0.29) is 0 Å². The molecule has 2 aromatic rings. The van der Waals surface area contributed by atoms with Gasteiger partial charge in [0, 0.05) is 18.6 Å². The van der Waals surface area contributed by atoms with Crippen LogP contribution < -0.4 is 4.74 Å². The van der Waals surface area contributed by atoms with Crippen molar-refractivity contribution >= 4 is 21.4 Å². The second-order valence-corrected chi connectivity index (χ2v) is 10.9. The zero-order chi connectivity index (χ0) is 21.1. The largest absolute Gasteiger partial charge is 0.494 e. The molecule has 0 bridgehead atoms. The number of ether oxygens (including phenoxy) is 1. The van der Waals surface area contributed by atoms with Gasteiger partial charge in [0.1, 0.15) is 11.6 Å². The van der Waals surface area contributed by atoms with Crippen LogP contribution in [0.4, 0.5) is 0 Å². The summed E-state index contributed by atoms with van der Waals surface area (Å²) >= 11 is 5.85. The van der Waals surface area contributed by atoms with Crippen LogP contribution in [0, 0.1) is 17.8 Å². The molecule has 1 aromatic heterocycles. The fraction of sp³-hybridized carbons (Fsp3) is 0.545. The molecule has 0 N–H and O–H groups in total. The summed E-state index contributed by atoms with van der Waals surface area (Å²) in [7, 11) is -3.16. The maximum Gasteiger partial charge on any atom is 0.175 e. The van der Waals surface area contributed by atoms with E-state index >= 15 is 0 Å². The number of hydrogen-bond donors (Lipinski definition) is 0. The Morgan fingerprint density at radius 1 is 1.13 bits per heavy atom. The van der Waals surface area contributed by atoms with E-state index in [1.807, 2.05) is 0 Å². The molecule has 0 amide bonds. The van der Waals surface area contributed by atoms with Crippen LogP contribution in [0.5, 0.6) is 5.75 Å². The van der Waals surface area contributed by atoms with E-state index in [2.05, 4.69) is 14.9 Å². The summed E-state index contributed by atoms with van der Waals surface area (Å²) < 4.78 is 28.8. The van der Waals surface area contributed by atoms with Gasteiger partial charge in [-0.1, -0.05) is 11.6 Å². The molecule has 162 valence electrons. The van der Waals surface area contributed by atoms with Gasteiger partial charge in [0.2, 0.25) is 0 Å². The average molecular weight is 450 g/mol. The number of hydrogen-bond acceptors (Lipinski definition) is 6. The van der Waals surface area contributed by atoms with E-state index in [1.54, 1.807) is 36.7 Å². The zero-order valence-corrected chi connectivity index (χ0v) is 18.8. The van der Waals surface area contributed by atoms with E-state index in [0.717, 1.165) is 55.4 Å². The molecular formula is C22H28ClN3O3S. The third kappa shape index (κ3) is 5.71. The summed E-state index contributed by atoms with van der Waals surface area (Å²) in [6, 6.07) is 6.68. The summed E-state index contributed by atoms with van der Waals surface area (Å²) in [5.74, 6) is 3.97. The lowest BCUT2D eigenvalue weighted by atomic mass is 9.90. The van der Waals surface area contributed by atoms with Gasteiger partial charge in [-0.05, 0) is 80.8 Å². The first kappa shape index (κ1) is 21.5. The van der Waals surface area contributed by atoms with E-state index in [9.17, 15) is 8.42 Å². The number of aromatic nitrogens is 2. The van der Waals surface area contributed by atoms with Crippen molar-refractivity contribution in [1.82, 2.24) is 14.9 Å². The zero-order valence-electron chi connectivity index (χ0n) is 17.2. The number of sulfone groups is 1. The predicted octanol–water partition coefficient (Wildman–Crippen LogP) is 3.85. The van der Waals surface area contributed by atoms with Crippen molar-refractivity contribution in [2.45, 2.75) is 37.1 Å². The van der Waals surface area contributed by atoms with E-state index in [1.165, 1.54) is 25.5 Å². The number of halogens is 1. The molecule has 30 heavy (non-hydrogen) atoms. The molecule has 0 radical (unpaired) electrons. The van der Waals surface area contributed by atoms with Gasteiger partial charge < -0.3 is 4.74 Å². The Hall–Kier alpha value is -1.70. The lowest BCUT2D eigenvalue weighted by molar-refractivity contribution is 0.158. The highest BCUT2D eigenvalue weighted by Crippen LogP contribution is 2.49. The molecule has 1 aliphatic heterocycles. The molecule has 2 aliphatic rings. The van der Waals surface area contributed by atoms with Crippen LogP contribution in [0.3, 0.4) is 0 Å². The molecule has 2 heterocycles. The highest BCUT2D eigenvalue weighted by molar-refractivity contribution is 7.90. The molecule has 2 fully saturated rings. The average Bonchev–Trinajstić information content (AvgIpc) is 3.50. The van der Waals surface area contributed by atoms with Crippen LogP contribution in [0.1, 0.15) is 31.5 Å². The number of likely N-dealkylation sites (tertiary alicyclic amines) is 1. The van der Waals surface area contributed by atoms with Crippen molar-refractivity contribution in [1.29, 1.82) is 0 Å². The summed E-state index contributed by atoms with van der Waals surface area (Å²) in [6.07, 6.45) is 9.39. The topological polar surface area (TPSA) is 72.4 Å². The molecule has 0 unspecified atom stereocenters. The first-order valence-corrected chi connectivity index (χ1v) is 12.8. The Morgan fingerprint density at radius 2 is 1.80 bits per heavy atom. The summed E-state index contributed by atoms with van der Waals surface area (Å²) in [6.45, 7) is 3.68. The second-order valence-electron chi connectivity index (χ2n) is 8.47. The minimum Gasteiger partial charge on any atom is -0.494 e. The van der Waals surface area contributed by atoms with Gasteiger partial charge in [0.25, 0.3) is 0 Å². The lowest BCUT2D eigenvalue weighted by Gasteiger charge is -2.31. The fourth-order valence-corrected chi connectivity index (χ4v) is 5.18. The van der Waals surface area contributed by atoms with Crippen LogP contribution in [0.25, 0.3) is 0 Å². The van der Waals surface area contributed by atoms with Crippen molar-refractivity contribution in [2.75, 3.05) is 26.0 Å². The molecule has 1 saturated heterocycles. The normalized spacial score (nSPS) is 22.7. The number of rotatable bonds is 8. The Bertz CT molecular complexity index is 943. The highest BCUT2D eigenvalue weighted by Gasteiger charge is 2.43. The van der Waals surface area contributed by atoms with Gasteiger partial charge in [-0.3, -0.25) is 4.90 Å². The maximum absolute atomic E-state index is 11.5. The van der Waals surface area contributed by atoms with Crippen LogP contribution >= 0.6 is 11.6 Å². The van der Waals surface area contributed by atoms with E-state index in [4.69, 9.17) is 16.3 Å². The number of nitrogens with zero attached hydrogens (tertiary/aromatic N) is 3.